The van der Waals surface area contributed by atoms with Gasteiger partial charge < -0.3 is 14.8 Å². The van der Waals surface area contributed by atoms with Crippen molar-refractivity contribution >= 4 is 23.2 Å². The molecule has 2 aromatic rings. The van der Waals surface area contributed by atoms with Crippen LogP contribution in [0.1, 0.15) is 30.0 Å². The molecule has 0 aromatic heterocycles. The molecule has 0 bridgehead atoms. The van der Waals surface area contributed by atoms with Crippen LogP contribution in [0.5, 0.6) is 0 Å². The van der Waals surface area contributed by atoms with Crippen molar-refractivity contribution < 1.29 is 23.9 Å². The molecule has 0 heterocycles. The first-order chi connectivity index (χ1) is 15.9. The Labute approximate surface area is 192 Å². The number of rotatable bonds is 8. The van der Waals surface area contributed by atoms with Crippen molar-refractivity contribution in [3.8, 4) is 6.07 Å². The van der Waals surface area contributed by atoms with Crippen molar-refractivity contribution in [2.24, 2.45) is 0 Å². The van der Waals surface area contributed by atoms with E-state index in [4.69, 9.17) is 14.7 Å². The van der Waals surface area contributed by atoms with Gasteiger partial charge in [0, 0.05) is 29.7 Å². The maximum Gasteiger partial charge on any atom is 0.228 e. The van der Waals surface area contributed by atoms with E-state index in [0.717, 1.165) is 11.1 Å². The number of nitrogens with one attached hydrogen (secondary N) is 1. The van der Waals surface area contributed by atoms with E-state index in [9.17, 15) is 14.4 Å². The number of carbonyl (C=O) groups is 3. The van der Waals surface area contributed by atoms with Crippen LogP contribution in [-0.4, -0.2) is 31.7 Å². The van der Waals surface area contributed by atoms with Crippen LogP contribution in [0.3, 0.4) is 0 Å². The van der Waals surface area contributed by atoms with Gasteiger partial charge in [-0.05, 0) is 48.7 Å². The van der Waals surface area contributed by atoms with E-state index in [2.05, 4.69) is 5.32 Å². The normalized spacial score (nSPS) is 13.6. The Balaban J connectivity index is 1.60. The molecule has 0 unspecified atom stereocenters. The average Bonchev–Trinajstić information content (AvgIpc) is 2.83. The Bertz CT molecular complexity index is 1180. The number of methoxy groups -OCH3 is 2. The topological polar surface area (TPSA) is 105 Å². The number of nitriles is 1. The number of ketones is 2. The molecule has 0 radical (unpaired) electrons. The van der Waals surface area contributed by atoms with Crippen molar-refractivity contribution in [3.05, 3.63) is 87.9 Å². The zero-order valence-corrected chi connectivity index (χ0v) is 18.7. The smallest absolute Gasteiger partial charge is 0.228 e. The molecule has 3 rings (SSSR count). The maximum absolute atomic E-state index is 12.8. The van der Waals surface area contributed by atoms with E-state index in [0.29, 0.717) is 41.7 Å². The standard InChI is InChI=1S/C26H24N2O5/c1-16-21(24(31)26(33-3)25(32-2)23(16)30)14-18-6-4-17(5-7-18)10-13-22(29)28-20-11-8-19(15-27)9-12-20/h4-9,11-12H,10,13-14H2,1-3H3,(H,28,29). The minimum atomic E-state index is -0.353. The summed E-state index contributed by atoms with van der Waals surface area (Å²) in [5, 5.41) is 11.6. The van der Waals surface area contributed by atoms with Crippen molar-refractivity contribution in [2.45, 2.75) is 26.2 Å². The van der Waals surface area contributed by atoms with Gasteiger partial charge in [0.1, 0.15) is 0 Å². The number of anilines is 1. The van der Waals surface area contributed by atoms with Gasteiger partial charge in [0.2, 0.25) is 29.0 Å². The van der Waals surface area contributed by atoms with Crippen LogP contribution in [0.2, 0.25) is 0 Å². The molecule has 33 heavy (non-hydrogen) atoms. The predicted molar refractivity (Wildman–Crippen MR) is 122 cm³/mol. The summed E-state index contributed by atoms with van der Waals surface area (Å²) in [5.74, 6) is -0.973. The fraction of sp³-hybridized carbons (Fsp3) is 0.231. The molecule has 0 aliphatic heterocycles. The minimum absolute atomic E-state index is 0.0709. The molecule has 1 aliphatic carbocycles. The number of hydrogen-bond donors (Lipinski definition) is 1. The molecule has 0 spiro atoms. The number of allylic oxidation sites excluding steroid dienone is 2. The van der Waals surface area contributed by atoms with Crippen LogP contribution in [0.25, 0.3) is 0 Å². The van der Waals surface area contributed by atoms with Crippen LogP contribution >= 0.6 is 0 Å². The Morgan fingerprint density at radius 3 is 2.06 bits per heavy atom. The molecule has 2 aromatic carbocycles. The summed E-state index contributed by atoms with van der Waals surface area (Å²) < 4.78 is 10.2. The third kappa shape index (κ3) is 5.36. The van der Waals surface area contributed by atoms with Crippen LogP contribution in [0.15, 0.2) is 71.2 Å². The molecule has 0 saturated heterocycles. The lowest BCUT2D eigenvalue weighted by Crippen LogP contribution is -2.26. The second kappa shape index (κ2) is 10.4. The number of aryl methyl sites for hydroxylation is 1. The Hall–Kier alpha value is -4.18. The van der Waals surface area contributed by atoms with Gasteiger partial charge in [0.25, 0.3) is 0 Å². The average molecular weight is 444 g/mol. The van der Waals surface area contributed by atoms with Gasteiger partial charge in [-0.15, -0.1) is 0 Å². The van der Waals surface area contributed by atoms with Crippen molar-refractivity contribution in [2.75, 3.05) is 19.5 Å². The summed E-state index contributed by atoms with van der Waals surface area (Å²) in [6.45, 7) is 1.61. The molecule has 7 nitrogen and oxygen atoms in total. The first kappa shape index (κ1) is 23.5. The summed E-state index contributed by atoms with van der Waals surface area (Å²) >= 11 is 0. The zero-order valence-electron chi connectivity index (χ0n) is 18.7. The Morgan fingerprint density at radius 2 is 1.48 bits per heavy atom. The van der Waals surface area contributed by atoms with Crippen molar-refractivity contribution in [3.63, 3.8) is 0 Å². The number of benzene rings is 2. The molecule has 1 aliphatic rings. The quantitative estimate of drug-likeness (QED) is 0.623. The van der Waals surface area contributed by atoms with E-state index in [1.165, 1.54) is 14.2 Å². The number of Topliss-reactive ketones (excluding diaryl/α,β-unsaturated/α-hetero) is 2. The van der Waals surface area contributed by atoms with E-state index < -0.39 is 0 Å². The Morgan fingerprint density at radius 1 is 0.909 bits per heavy atom. The van der Waals surface area contributed by atoms with Gasteiger partial charge in [0.05, 0.1) is 25.9 Å². The molecule has 1 N–H and O–H groups in total. The highest BCUT2D eigenvalue weighted by Crippen LogP contribution is 2.28. The highest BCUT2D eigenvalue weighted by molar-refractivity contribution is 6.23. The van der Waals surface area contributed by atoms with Gasteiger partial charge in [0.15, 0.2) is 0 Å². The second-order valence-electron chi connectivity index (χ2n) is 7.56. The number of nitrogens with zero attached hydrogens (tertiary/aromatic N) is 1. The molecular formula is C26H24N2O5. The van der Waals surface area contributed by atoms with Gasteiger partial charge in [-0.2, -0.15) is 5.26 Å². The Kier molecular flexibility index (Phi) is 7.42. The summed E-state index contributed by atoms with van der Waals surface area (Å²) in [4.78, 5) is 37.5. The van der Waals surface area contributed by atoms with Gasteiger partial charge >= 0.3 is 0 Å². The number of carbonyl (C=O) groups excluding carboxylic acids is 3. The lowest BCUT2D eigenvalue weighted by Gasteiger charge is -2.20. The lowest BCUT2D eigenvalue weighted by atomic mass is 9.88. The molecule has 0 fully saturated rings. The lowest BCUT2D eigenvalue weighted by molar-refractivity contribution is -0.121. The number of amides is 1. The number of hydrogen-bond acceptors (Lipinski definition) is 6. The van der Waals surface area contributed by atoms with Crippen molar-refractivity contribution in [1.82, 2.24) is 0 Å². The van der Waals surface area contributed by atoms with E-state index in [1.54, 1.807) is 31.2 Å². The maximum atomic E-state index is 12.8. The van der Waals surface area contributed by atoms with E-state index in [1.807, 2.05) is 30.3 Å². The summed E-state index contributed by atoms with van der Waals surface area (Å²) in [7, 11) is 2.67. The van der Waals surface area contributed by atoms with Crippen LogP contribution in [-0.2, 0) is 36.7 Å². The minimum Gasteiger partial charge on any atom is -0.489 e. The van der Waals surface area contributed by atoms with Gasteiger partial charge in [-0.3, -0.25) is 14.4 Å². The third-order valence-electron chi connectivity index (χ3n) is 5.44. The first-order valence-electron chi connectivity index (χ1n) is 10.4. The highest BCUT2D eigenvalue weighted by Gasteiger charge is 2.34. The first-order valence-corrected chi connectivity index (χ1v) is 10.4. The van der Waals surface area contributed by atoms with Gasteiger partial charge in [-0.1, -0.05) is 24.3 Å². The monoisotopic (exact) mass is 444 g/mol. The summed E-state index contributed by atoms with van der Waals surface area (Å²) in [6.07, 6.45) is 1.15. The van der Waals surface area contributed by atoms with E-state index in [-0.39, 0.29) is 29.0 Å². The summed E-state index contributed by atoms with van der Waals surface area (Å²) in [5.41, 5.74) is 3.75. The zero-order chi connectivity index (χ0) is 24.0. The fourth-order valence-corrected chi connectivity index (χ4v) is 3.54. The molecule has 0 saturated carbocycles. The second-order valence-corrected chi connectivity index (χ2v) is 7.56. The highest BCUT2D eigenvalue weighted by atomic mass is 16.5. The summed E-state index contributed by atoms with van der Waals surface area (Å²) in [6, 6.07) is 16.3. The largest absolute Gasteiger partial charge is 0.489 e. The SMILES string of the molecule is COC1=C(OC)C(=O)C(Cc2ccc(CCC(=O)Nc3ccc(C#N)cc3)cc2)=C(C)C1=O. The molecule has 1 amide bonds. The van der Waals surface area contributed by atoms with Gasteiger partial charge in [-0.25, -0.2) is 0 Å². The number of ether oxygens (including phenoxy) is 2. The fourth-order valence-electron chi connectivity index (χ4n) is 3.54. The van der Waals surface area contributed by atoms with Crippen LogP contribution < -0.4 is 5.32 Å². The molecule has 0 atom stereocenters. The van der Waals surface area contributed by atoms with E-state index >= 15 is 0 Å². The third-order valence-corrected chi connectivity index (χ3v) is 5.44. The predicted octanol–water partition coefficient (Wildman–Crippen LogP) is 3.64. The molecule has 7 heteroatoms. The van der Waals surface area contributed by atoms with Crippen LogP contribution in [0.4, 0.5) is 5.69 Å². The van der Waals surface area contributed by atoms with Crippen LogP contribution in [0, 0.1) is 11.3 Å². The van der Waals surface area contributed by atoms with Crippen molar-refractivity contribution in [1.29, 1.82) is 5.26 Å². The molecular weight excluding hydrogens is 420 g/mol. The molecule has 168 valence electrons.